The number of anilines is 1. The molecular weight excluding hydrogens is 451 g/mol. The number of H-pyrrole nitrogens is 1. The standard InChI is InChI=1S/C24H24F3N3O4/c1-11-19-17(23(32)28-24(33)30(19)13-6-7-13)22(34-2)18(27)20(11)29-9-8-12(10-29)21(31)16-14(25)4-3-5-15(16)26/h3-5,12-13,21,31H,6-10H2,1-2H3,(H,28,32,33). The summed E-state index contributed by atoms with van der Waals surface area (Å²) in [5.74, 6) is -3.26. The third-order valence-electron chi connectivity index (χ3n) is 6.89. The van der Waals surface area contributed by atoms with Crippen molar-refractivity contribution in [1.82, 2.24) is 9.55 Å². The Morgan fingerprint density at radius 3 is 2.44 bits per heavy atom. The molecule has 1 saturated carbocycles. The lowest BCUT2D eigenvalue weighted by Crippen LogP contribution is -2.32. The number of aryl methyl sites for hydroxylation is 1. The van der Waals surface area contributed by atoms with Gasteiger partial charge in [-0.2, -0.15) is 0 Å². The number of nitrogens with zero attached hydrogens (tertiary/aromatic N) is 2. The molecule has 0 radical (unpaired) electrons. The molecule has 180 valence electrons. The van der Waals surface area contributed by atoms with Gasteiger partial charge < -0.3 is 14.7 Å². The molecule has 7 nitrogen and oxygen atoms in total. The number of aromatic amines is 1. The summed E-state index contributed by atoms with van der Waals surface area (Å²) in [6, 6.07) is 3.30. The Kier molecular flexibility index (Phi) is 5.43. The number of aromatic nitrogens is 2. The van der Waals surface area contributed by atoms with Gasteiger partial charge in [-0.1, -0.05) is 6.07 Å². The van der Waals surface area contributed by atoms with E-state index in [1.54, 1.807) is 11.8 Å². The number of ether oxygens (including phenoxy) is 1. The number of halogens is 3. The van der Waals surface area contributed by atoms with Gasteiger partial charge in [0.15, 0.2) is 11.6 Å². The van der Waals surface area contributed by atoms with Gasteiger partial charge in [0, 0.05) is 30.6 Å². The van der Waals surface area contributed by atoms with E-state index >= 15 is 4.39 Å². The fourth-order valence-corrected chi connectivity index (χ4v) is 5.15. The van der Waals surface area contributed by atoms with Crippen LogP contribution in [0.4, 0.5) is 18.9 Å². The molecule has 2 N–H and O–H groups in total. The largest absolute Gasteiger partial charge is 0.493 e. The molecule has 0 amide bonds. The van der Waals surface area contributed by atoms with E-state index in [9.17, 15) is 23.5 Å². The maximum atomic E-state index is 15.7. The molecule has 1 aromatic heterocycles. The molecule has 34 heavy (non-hydrogen) atoms. The van der Waals surface area contributed by atoms with E-state index in [2.05, 4.69) is 4.98 Å². The normalized spacial score (nSPS) is 19.1. The zero-order chi connectivity index (χ0) is 24.3. The van der Waals surface area contributed by atoms with Gasteiger partial charge in [-0.25, -0.2) is 18.0 Å². The van der Waals surface area contributed by atoms with Crippen molar-refractivity contribution in [3.8, 4) is 5.75 Å². The summed E-state index contributed by atoms with van der Waals surface area (Å²) in [5.41, 5.74) is -0.840. The Morgan fingerprint density at radius 2 is 1.82 bits per heavy atom. The zero-order valence-corrected chi connectivity index (χ0v) is 18.7. The van der Waals surface area contributed by atoms with Gasteiger partial charge in [0.25, 0.3) is 5.56 Å². The monoisotopic (exact) mass is 475 g/mol. The molecule has 3 aromatic rings. The van der Waals surface area contributed by atoms with E-state index in [0.717, 1.165) is 25.0 Å². The zero-order valence-electron chi connectivity index (χ0n) is 18.7. The summed E-state index contributed by atoms with van der Waals surface area (Å²) in [6.45, 7) is 2.07. The highest BCUT2D eigenvalue weighted by molar-refractivity contribution is 5.93. The Balaban J connectivity index is 1.62. The van der Waals surface area contributed by atoms with Gasteiger partial charge in [-0.05, 0) is 38.3 Å². The number of hydrogen-bond acceptors (Lipinski definition) is 5. The lowest BCUT2D eigenvalue weighted by Gasteiger charge is -2.26. The molecule has 2 heterocycles. The van der Waals surface area contributed by atoms with Crippen molar-refractivity contribution in [2.45, 2.75) is 38.3 Å². The third-order valence-corrected chi connectivity index (χ3v) is 6.89. The Bertz CT molecular complexity index is 1390. The molecular formula is C24H24F3N3O4. The van der Waals surface area contributed by atoms with E-state index in [4.69, 9.17) is 4.74 Å². The van der Waals surface area contributed by atoms with Crippen LogP contribution in [0.15, 0.2) is 27.8 Å². The summed E-state index contributed by atoms with van der Waals surface area (Å²) >= 11 is 0. The van der Waals surface area contributed by atoms with Gasteiger partial charge in [-0.3, -0.25) is 14.3 Å². The first-order valence-electron chi connectivity index (χ1n) is 11.2. The van der Waals surface area contributed by atoms with Crippen LogP contribution in [0.5, 0.6) is 5.75 Å². The fraction of sp³-hybridized carbons (Fsp3) is 0.417. The average Bonchev–Trinajstić information content (AvgIpc) is 3.50. The number of aliphatic hydroxyl groups excluding tert-OH is 1. The van der Waals surface area contributed by atoms with Crippen LogP contribution in [-0.4, -0.2) is 34.9 Å². The van der Waals surface area contributed by atoms with Gasteiger partial charge >= 0.3 is 5.69 Å². The minimum Gasteiger partial charge on any atom is -0.493 e. The first-order chi connectivity index (χ1) is 16.2. The van der Waals surface area contributed by atoms with Crippen LogP contribution >= 0.6 is 0 Å². The second-order valence-electron chi connectivity index (χ2n) is 8.98. The topological polar surface area (TPSA) is 87.6 Å². The molecule has 2 atom stereocenters. The molecule has 2 fully saturated rings. The number of fused-ring (bicyclic) bond motifs is 1. The lowest BCUT2D eigenvalue weighted by atomic mass is 9.94. The summed E-state index contributed by atoms with van der Waals surface area (Å²) < 4.78 is 50.9. The first kappa shape index (κ1) is 22.5. The van der Waals surface area contributed by atoms with Crippen molar-refractivity contribution in [2.24, 2.45) is 5.92 Å². The van der Waals surface area contributed by atoms with Crippen LogP contribution in [0.1, 0.15) is 42.5 Å². The fourth-order valence-electron chi connectivity index (χ4n) is 5.15. The Hall–Kier alpha value is -3.27. The number of rotatable bonds is 5. The Labute approximate surface area is 192 Å². The Morgan fingerprint density at radius 1 is 1.15 bits per heavy atom. The predicted octanol–water partition coefficient (Wildman–Crippen LogP) is 3.32. The van der Waals surface area contributed by atoms with Crippen molar-refractivity contribution < 1.29 is 23.0 Å². The van der Waals surface area contributed by atoms with E-state index in [-0.39, 0.29) is 29.4 Å². The number of hydrogen-bond donors (Lipinski definition) is 2. The van der Waals surface area contributed by atoms with E-state index in [1.165, 1.54) is 17.7 Å². The molecule has 2 aliphatic rings. The van der Waals surface area contributed by atoms with Crippen molar-refractivity contribution in [3.63, 3.8) is 0 Å². The van der Waals surface area contributed by atoms with Gasteiger partial charge in [0.2, 0.25) is 0 Å². The maximum Gasteiger partial charge on any atom is 0.329 e. The maximum absolute atomic E-state index is 15.7. The number of nitrogens with one attached hydrogen (secondary N) is 1. The van der Waals surface area contributed by atoms with Crippen molar-refractivity contribution in [2.75, 3.05) is 25.1 Å². The van der Waals surface area contributed by atoms with Crippen molar-refractivity contribution in [1.29, 1.82) is 0 Å². The summed E-state index contributed by atoms with van der Waals surface area (Å²) in [4.78, 5) is 29.2. The van der Waals surface area contributed by atoms with E-state index < -0.39 is 46.3 Å². The van der Waals surface area contributed by atoms with Gasteiger partial charge in [0.1, 0.15) is 17.0 Å². The average molecular weight is 475 g/mol. The molecule has 5 rings (SSSR count). The summed E-state index contributed by atoms with van der Waals surface area (Å²) in [5, 5.41) is 10.7. The van der Waals surface area contributed by atoms with E-state index in [1.807, 2.05) is 0 Å². The van der Waals surface area contributed by atoms with Crippen LogP contribution in [0.2, 0.25) is 0 Å². The SMILES string of the molecule is COc1c(F)c(N2CCC(C(O)c3c(F)cccc3F)C2)c(C)c2c1c(=O)[nH]c(=O)n2C1CC1. The first-order valence-corrected chi connectivity index (χ1v) is 11.2. The predicted molar refractivity (Wildman–Crippen MR) is 120 cm³/mol. The highest BCUT2D eigenvalue weighted by atomic mass is 19.1. The third kappa shape index (κ3) is 3.39. The van der Waals surface area contributed by atoms with Gasteiger partial charge in [0.05, 0.1) is 30.0 Å². The molecule has 0 spiro atoms. The molecule has 10 heteroatoms. The van der Waals surface area contributed by atoms with Crippen molar-refractivity contribution in [3.05, 3.63) is 67.6 Å². The molecule has 1 saturated heterocycles. The number of methoxy groups -OCH3 is 1. The highest BCUT2D eigenvalue weighted by Gasteiger charge is 2.37. The van der Waals surface area contributed by atoms with Crippen LogP contribution in [0.3, 0.4) is 0 Å². The molecule has 1 aliphatic carbocycles. The minimum absolute atomic E-state index is 0.0306. The minimum atomic E-state index is -1.41. The van der Waals surface area contributed by atoms with Crippen molar-refractivity contribution >= 4 is 16.6 Å². The molecule has 2 unspecified atom stereocenters. The van der Waals surface area contributed by atoms with Gasteiger partial charge in [-0.15, -0.1) is 0 Å². The summed E-state index contributed by atoms with van der Waals surface area (Å²) in [7, 11) is 1.25. The summed E-state index contributed by atoms with van der Waals surface area (Å²) in [6.07, 6.45) is 0.479. The lowest BCUT2D eigenvalue weighted by molar-refractivity contribution is 0.111. The number of benzene rings is 2. The smallest absolute Gasteiger partial charge is 0.329 e. The second-order valence-corrected chi connectivity index (χ2v) is 8.98. The van der Waals surface area contributed by atoms with Crippen LogP contribution in [-0.2, 0) is 0 Å². The molecule has 0 bridgehead atoms. The van der Waals surface area contributed by atoms with E-state index in [0.29, 0.717) is 24.0 Å². The number of aliphatic hydroxyl groups is 1. The van der Waals surface area contributed by atoms with Crippen LogP contribution in [0, 0.1) is 30.3 Å². The van der Waals surface area contributed by atoms with Crippen LogP contribution < -0.4 is 20.9 Å². The second kappa shape index (κ2) is 8.19. The highest BCUT2D eigenvalue weighted by Crippen LogP contribution is 2.44. The quantitative estimate of drug-likeness (QED) is 0.591. The molecule has 1 aliphatic heterocycles. The van der Waals surface area contributed by atoms with Crippen LogP contribution in [0.25, 0.3) is 10.9 Å². The molecule has 2 aromatic carbocycles.